The first-order chi connectivity index (χ1) is 8.97. The van der Waals surface area contributed by atoms with Crippen LogP contribution >= 0.6 is 11.6 Å². The average molecular weight is 290 g/mol. The number of carbonyl (C=O) groups is 2. The van der Waals surface area contributed by atoms with Crippen LogP contribution in [0.5, 0.6) is 0 Å². The Morgan fingerprint density at radius 2 is 2.00 bits per heavy atom. The van der Waals surface area contributed by atoms with Crippen LogP contribution in [-0.4, -0.2) is 46.7 Å². The van der Waals surface area contributed by atoms with Crippen molar-refractivity contribution in [3.8, 4) is 0 Å². The lowest BCUT2D eigenvalue weighted by atomic mass is 10.1. The van der Waals surface area contributed by atoms with Crippen molar-refractivity contribution in [1.82, 2.24) is 4.90 Å². The molecule has 0 bridgehead atoms. The number of nitrogens with zero attached hydrogens (tertiary/aromatic N) is 1. The number of halogens is 2. The zero-order chi connectivity index (χ0) is 14.4. The number of hydrogen-bond acceptors (Lipinski definition) is 3. The Bertz CT molecular complexity index is 461. The van der Waals surface area contributed by atoms with E-state index in [9.17, 15) is 14.0 Å². The van der Waals surface area contributed by atoms with E-state index < -0.39 is 17.7 Å². The third kappa shape index (κ3) is 4.18. The van der Waals surface area contributed by atoms with Crippen molar-refractivity contribution in [2.45, 2.75) is 6.42 Å². The largest absolute Gasteiger partial charge is 0.481 e. The van der Waals surface area contributed by atoms with E-state index in [0.29, 0.717) is 0 Å². The van der Waals surface area contributed by atoms with E-state index in [-0.39, 0.29) is 36.7 Å². The molecule has 0 aromatic heterocycles. The number of aliphatic hydroxyl groups excluding tert-OH is 1. The van der Waals surface area contributed by atoms with Gasteiger partial charge in [0, 0.05) is 13.1 Å². The summed E-state index contributed by atoms with van der Waals surface area (Å²) in [6, 6.07) is 3.82. The van der Waals surface area contributed by atoms with Crippen LogP contribution in [0.25, 0.3) is 0 Å². The van der Waals surface area contributed by atoms with Crippen LogP contribution in [0.15, 0.2) is 18.2 Å². The van der Waals surface area contributed by atoms with Gasteiger partial charge in [-0.1, -0.05) is 17.7 Å². The van der Waals surface area contributed by atoms with Gasteiger partial charge in [0.15, 0.2) is 0 Å². The third-order valence-electron chi connectivity index (χ3n) is 2.43. The van der Waals surface area contributed by atoms with Gasteiger partial charge >= 0.3 is 5.97 Å². The molecule has 1 amide bonds. The molecule has 0 heterocycles. The van der Waals surface area contributed by atoms with Crippen LogP contribution in [-0.2, 0) is 4.79 Å². The Morgan fingerprint density at radius 3 is 2.53 bits per heavy atom. The number of carbonyl (C=O) groups excluding carboxylic acids is 1. The van der Waals surface area contributed by atoms with E-state index in [2.05, 4.69) is 0 Å². The summed E-state index contributed by atoms with van der Waals surface area (Å²) in [5, 5.41) is 17.4. The van der Waals surface area contributed by atoms with Crippen molar-refractivity contribution < 1.29 is 24.2 Å². The van der Waals surface area contributed by atoms with Gasteiger partial charge in [-0.2, -0.15) is 0 Å². The number of benzene rings is 1. The molecule has 0 atom stereocenters. The molecule has 104 valence electrons. The van der Waals surface area contributed by atoms with Gasteiger partial charge in [-0.15, -0.1) is 0 Å². The summed E-state index contributed by atoms with van der Waals surface area (Å²) in [6.45, 7) is -0.562. The molecule has 7 heteroatoms. The van der Waals surface area contributed by atoms with Gasteiger partial charge in [0.2, 0.25) is 0 Å². The minimum Gasteiger partial charge on any atom is -0.481 e. The highest BCUT2D eigenvalue weighted by atomic mass is 35.5. The van der Waals surface area contributed by atoms with Gasteiger partial charge < -0.3 is 15.1 Å². The fraction of sp³-hybridized carbons (Fsp3) is 0.333. The maximum Gasteiger partial charge on any atom is 0.305 e. The predicted molar refractivity (Wildman–Crippen MR) is 66.7 cm³/mol. The molecule has 0 saturated carbocycles. The van der Waals surface area contributed by atoms with E-state index in [1.165, 1.54) is 12.1 Å². The molecule has 0 fully saturated rings. The zero-order valence-electron chi connectivity index (χ0n) is 9.97. The second-order valence-corrected chi connectivity index (χ2v) is 4.16. The Hall–Kier alpha value is -1.66. The molecule has 0 saturated heterocycles. The summed E-state index contributed by atoms with van der Waals surface area (Å²) < 4.78 is 13.6. The van der Waals surface area contributed by atoms with Gasteiger partial charge in [-0.3, -0.25) is 9.59 Å². The second-order valence-electron chi connectivity index (χ2n) is 3.76. The summed E-state index contributed by atoms with van der Waals surface area (Å²) in [7, 11) is 0. The normalized spacial score (nSPS) is 10.3. The molecule has 2 N–H and O–H groups in total. The molecule has 0 aliphatic carbocycles. The van der Waals surface area contributed by atoms with Gasteiger partial charge in [0.05, 0.1) is 23.6 Å². The Kier molecular flexibility index (Phi) is 5.72. The smallest absolute Gasteiger partial charge is 0.305 e. The standard InChI is InChI=1S/C12H13ClFNO4/c13-8-2-1-3-9(14)11(8)12(19)15(6-7-16)5-4-10(17)18/h1-3,16H,4-7H2,(H,17,18). The number of aliphatic hydroxyl groups is 1. The second kappa shape index (κ2) is 7.06. The topological polar surface area (TPSA) is 77.8 Å². The zero-order valence-corrected chi connectivity index (χ0v) is 10.7. The van der Waals surface area contributed by atoms with Crippen LogP contribution in [0, 0.1) is 5.82 Å². The maximum absolute atomic E-state index is 13.6. The SMILES string of the molecule is O=C(O)CCN(CCO)C(=O)c1c(F)cccc1Cl. The minimum atomic E-state index is -1.09. The minimum absolute atomic E-state index is 0.0525. The average Bonchev–Trinajstić information content (AvgIpc) is 2.33. The van der Waals surface area contributed by atoms with Crippen LogP contribution in [0.1, 0.15) is 16.8 Å². The molecular weight excluding hydrogens is 277 g/mol. The number of rotatable bonds is 6. The van der Waals surface area contributed by atoms with Crippen molar-refractivity contribution in [1.29, 1.82) is 0 Å². The van der Waals surface area contributed by atoms with Crippen molar-refractivity contribution in [3.63, 3.8) is 0 Å². The van der Waals surface area contributed by atoms with Crippen molar-refractivity contribution in [2.24, 2.45) is 0 Å². The van der Waals surface area contributed by atoms with E-state index in [4.69, 9.17) is 21.8 Å². The van der Waals surface area contributed by atoms with Crippen molar-refractivity contribution in [2.75, 3.05) is 19.7 Å². The number of carboxylic acids is 1. The lowest BCUT2D eigenvalue weighted by Gasteiger charge is -2.21. The van der Waals surface area contributed by atoms with E-state index in [1.54, 1.807) is 0 Å². The van der Waals surface area contributed by atoms with Crippen molar-refractivity contribution in [3.05, 3.63) is 34.6 Å². The Labute approximate surface area is 114 Å². The lowest BCUT2D eigenvalue weighted by Crippen LogP contribution is -2.36. The van der Waals surface area contributed by atoms with Crippen molar-refractivity contribution >= 4 is 23.5 Å². The van der Waals surface area contributed by atoms with Gasteiger partial charge in [-0.25, -0.2) is 4.39 Å². The van der Waals surface area contributed by atoms with Crippen LogP contribution < -0.4 is 0 Å². The molecule has 19 heavy (non-hydrogen) atoms. The van der Waals surface area contributed by atoms with Gasteiger partial charge in [-0.05, 0) is 12.1 Å². The molecule has 1 rings (SSSR count). The van der Waals surface area contributed by atoms with E-state index in [0.717, 1.165) is 11.0 Å². The first-order valence-electron chi connectivity index (χ1n) is 5.53. The summed E-state index contributed by atoms with van der Waals surface area (Å²) in [6.07, 6.45) is -0.294. The first-order valence-corrected chi connectivity index (χ1v) is 5.91. The van der Waals surface area contributed by atoms with Crippen LogP contribution in [0.3, 0.4) is 0 Å². The summed E-state index contributed by atoms with van der Waals surface area (Å²) >= 11 is 5.77. The Balaban J connectivity index is 2.95. The summed E-state index contributed by atoms with van der Waals surface area (Å²) in [4.78, 5) is 23.6. The highest BCUT2D eigenvalue weighted by molar-refractivity contribution is 6.33. The molecule has 0 unspecified atom stereocenters. The maximum atomic E-state index is 13.6. The van der Waals surface area contributed by atoms with E-state index >= 15 is 0 Å². The lowest BCUT2D eigenvalue weighted by molar-refractivity contribution is -0.137. The number of hydrogen-bond donors (Lipinski definition) is 2. The fourth-order valence-electron chi connectivity index (χ4n) is 1.53. The number of carboxylic acid groups (broad SMARTS) is 1. The highest BCUT2D eigenvalue weighted by Gasteiger charge is 2.22. The first kappa shape index (κ1) is 15.4. The predicted octanol–water partition coefficient (Wildman–Crippen LogP) is 1.39. The molecule has 0 spiro atoms. The number of aliphatic carboxylic acids is 1. The van der Waals surface area contributed by atoms with Crippen LogP contribution in [0.2, 0.25) is 5.02 Å². The molecule has 0 aliphatic rings. The van der Waals surface area contributed by atoms with Crippen LogP contribution in [0.4, 0.5) is 4.39 Å². The molecule has 1 aromatic carbocycles. The number of amides is 1. The fourth-order valence-corrected chi connectivity index (χ4v) is 1.77. The highest BCUT2D eigenvalue weighted by Crippen LogP contribution is 2.20. The van der Waals surface area contributed by atoms with Gasteiger partial charge in [0.25, 0.3) is 5.91 Å². The quantitative estimate of drug-likeness (QED) is 0.829. The Morgan fingerprint density at radius 1 is 1.32 bits per heavy atom. The molecule has 5 nitrogen and oxygen atoms in total. The summed E-state index contributed by atoms with van der Waals surface area (Å²) in [5.74, 6) is -2.61. The van der Waals surface area contributed by atoms with E-state index in [1.807, 2.05) is 0 Å². The molecule has 1 aromatic rings. The molecule has 0 radical (unpaired) electrons. The molecular formula is C12H13ClFNO4. The third-order valence-corrected chi connectivity index (χ3v) is 2.74. The molecule has 0 aliphatic heterocycles. The van der Waals surface area contributed by atoms with Gasteiger partial charge in [0.1, 0.15) is 5.82 Å². The summed E-state index contributed by atoms with van der Waals surface area (Å²) in [5.41, 5.74) is -0.317. The monoisotopic (exact) mass is 289 g/mol.